The number of aliphatic hydroxyl groups excluding tert-OH is 1. The van der Waals surface area contributed by atoms with Crippen molar-refractivity contribution >= 4 is 46.5 Å². The van der Waals surface area contributed by atoms with Crippen LogP contribution in [0.15, 0.2) is 59.7 Å². The molecule has 1 fully saturated rings. The standard InChI is InChI=1S/C33H42FN9O7/c34-20-9-7-18(8-10-20)12-23(35)31(48)43-17-21(44)14-27(43)30(47)42-25(6-3-11-38-33(36)37)29(46)40-16-28(45)41-26(32(49)50)13-19-15-39-24-5-2-1-4-22(19)24/h1-2,4-5,7-10,15,21,23,25-27,39,44H,3,6,11-14,16-17,35H2,(H,40,46)(H,41,45)(H,42,47)(H,49,50)(H4,36,37,38)/t21-,23+,25+,26+,27+/m1/s1. The number of carbonyl (C=O) groups is 5. The Morgan fingerprint density at radius 3 is 2.44 bits per heavy atom. The van der Waals surface area contributed by atoms with Crippen LogP contribution in [0.2, 0.25) is 0 Å². The van der Waals surface area contributed by atoms with Gasteiger partial charge in [-0.05, 0) is 48.6 Å². The number of rotatable bonds is 16. The number of aliphatic hydroxyl groups is 1. The Labute approximate surface area is 286 Å². The Hall–Kier alpha value is -5.55. The Morgan fingerprint density at radius 1 is 1.02 bits per heavy atom. The van der Waals surface area contributed by atoms with Crippen LogP contribution in [0.1, 0.15) is 30.4 Å². The van der Waals surface area contributed by atoms with Gasteiger partial charge in [-0.2, -0.15) is 0 Å². The summed E-state index contributed by atoms with van der Waals surface area (Å²) in [5.41, 5.74) is 19.0. The Bertz CT molecular complexity index is 1710. The molecule has 0 bridgehead atoms. The van der Waals surface area contributed by atoms with Crippen LogP contribution in [0.3, 0.4) is 0 Å². The van der Waals surface area contributed by atoms with Gasteiger partial charge in [0.25, 0.3) is 0 Å². The number of H-pyrrole nitrogens is 1. The highest BCUT2D eigenvalue weighted by atomic mass is 19.1. The van der Waals surface area contributed by atoms with Crippen molar-refractivity contribution in [1.29, 1.82) is 0 Å². The first-order valence-electron chi connectivity index (χ1n) is 16.0. The number of likely N-dealkylation sites (tertiary alicyclic amines) is 1. The largest absolute Gasteiger partial charge is 0.480 e. The number of hydrogen-bond acceptors (Lipinski definition) is 8. The molecule has 0 unspecified atom stereocenters. The maximum atomic E-state index is 13.5. The van der Waals surface area contributed by atoms with Gasteiger partial charge in [0, 0.05) is 43.0 Å². The van der Waals surface area contributed by atoms with Crippen LogP contribution < -0.4 is 33.2 Å². The SMILES string of the molecule is NC(N)=NCCC[C@H](NC(=O)[C@@H]1C[C@@H](O)CN1C(=O)[C@@H](N)Cc1ccc(F)cc1)C(=O)NCC(=O)N[C@@H](Cc1c[nH]c2ccccc12)C(=O)O. The number of β-amino-alcohol motifs (C(OH)–C–C–N with tert-alkyl or cyclic N) is 1. The number of nitrogens with two attached hydrogens (primary N) is 3. The second kappa shape index (κ2) is 17.2. The molecule has 0 aliphatic carbocycles. The lowest BCUT2D eigenvalue weighted by Gasteiger charge is -2.28. The van der Waals surface area contributed by atoms with E-state index in [0.29, 0.717) is 11.1 Å². The van der Waals surface area contributed by atoms with Crippen LogP contribution in [0, 0.1) is 5.82 Å². The van der Waals surface area contributed by atoms with E-state index in [4.69, 9.17) is 17.2 Å². The topological polar surface area (TPSA) is 271 Å². The predicted molar refractivity (Wildman–Crippen MR) is 181 cm³/mol. The number of aliphatic carboxylic acids is 1. The molecule has 4 amide bonds. The molecule has 0 radical (unpaired) electrons. The Balaban J connectivity index is 1.38. The van der Waals surface area contributed by atoms with Crippen LogP contribution in [0.4, 0.5) is 4.39 Å². The molecular formula is C33H42FN9O7. The van der Waals surface area contributed by atoms with Gasteiger partial charge in [-0.3, -0.25) is 24.2 Å². The molecule has 1 aliphatic heterocycles. The number of nitrogens with zero attached hydrogens (tertiary/aromatic N) is 2. The monoisotopic (exact) mass is 695 g/mol. The lowest BCUT2D eigenvalue weighted by atomic mass is 10.0. The number of fused-ring (bicyclic) bond motifs is 1. The number of carboxylic acid groups (broad SMARTS) is 1. The van der Waals surface area contributed by atoms with Gasteiger partial charge in [0.05, 0.1) is 18.7 Å². The molecule has 16 nitrogen and oxygen atoms in total. The van der Waals surface area contributed by atoms with E-state index in [1.807, 2.05) is 24.3 Å². The van der Waals surface area contributed by atoms with Crippen molar-refractivity contribution in [3.8, 4) is 0 Å². The normalized spacial score (nSPS) is 17.4. The van der Waals surface area contributed by atoms with E-state index < -0.39 is 72.2 Å². The van der Waals surface area contributed by atoms with Crippen molar-refractivity contribution in [3.63, 3.8) is 0 Å². The third-order valence-electron chi connectivity index (χ3n) is 8.28. The number of hydrogen-bond donors (Lipinski definition) is 9. The number of aromatic amines is 1. The highest BCUT2D eigenvalue weighted by Gasteiger charge is 2.41. The van der Waals surface area contributed by atoms with Gasteiger partial charge >= 0.3 is 5.97 Å². The van der Waals surface area contributed by atoms with Gasteiger partial charge < -0.3 is 53.2 Å². The molecule has 3 aromatic rings. The van der Waals surface area contributed by atoms with Gasteiger partial charge in [0.15, 0.2) is 5.96 Å². The molecule has 5 atom stereocenters. The molecule has 50 heavy (non-hydrogen) atoms. The summed E-state index contributed by atoms with van der Waals surface area (Å²) in [7, 11) is 0. The molecule has 0 saturated carbocycles. The smallest absolute Gasteiger partial charge is 0.326 e. The zero-order valence-electron chi connectivity index (χ0n) is 27.2. The number of aliphatic imine (C=N–C) groups is 1. The lowest BCUT2D eigenvalue weighted by molar-refractivity contribution is -0.141. The zero-order valence-corrected chi connectivity index (χ0v) is 27.2. The fourth-order valence-corrected chi connectivity index (χ4v) is 5.78. The number of nitrogens with one attached hydrogen (secondary N) is 4. The number of para-hydroxylation sites is 1. The number of benzene rings is 2. The van der Waals surface area contributed by atoms with Crippen LogP contribution in [-0.4, -0.2) is 106 Å². The summed E-state index contributed by atoms with van der Waals surface area (Å²) in [5.74, 6) is -4.77. The molecule has 1 aromatic heterocycles. The fourth-order valence-electron chi connectivity index (χ4n) is 5.78. The number of carbonyl (C=O) groups excluding carboxylic acids is 4. The predicted octanol–water partition coefficient (Wildman–Crippen LogP) is -1.39. The van der Waals surface area contributed by atoms with E-state index in [9.17, 15) is 38.6 Å². The lowest BCUT2D eigenvalue weighted by Crippen LogP contribution is -2.56. The summed E-state index contributed by atoms with van der Waals surface area (Å²) >= 11 is 0. The van der Waals surface area contributed by atoms with E-state index in [1.165, 1.54) is 24.3 Å². The van der Waals surface area contributed by atoms with Crippen molar-refractivity contribution in [2.75, 3.05) is 19.6 Å². The number of halogens is 1. The Morgan fingerprint density at radius 2 is 1.74 bits per heavy atom. The highest BCUT2D eigenvalue weighted by Crippen LogP contribution is 2.21. The number of guanidine groups is 1. The Kier molecular flexibility index (Phi) is 12.8. The number of carboxylic acids is 1. The second-order valence-corrected chi connectivity index (χ2v) is 12.1. The van der Waals surface area contributed by atoms with E-state index in [1.54, 1.807) is 6.20 Å². The van der Waals surface area contributed by atoms with Gasteiger partial charge in [0.2, 0.25) is 23.6 Å². The van der Waals surface area contributed by atoms with Crippen molar-refractivity contribution in [2.24, 2.45) is 22.2 Å². The minimum Gasteiger partial charge on any atom is -0.480 e. The van der Waals surface area contributed by atoms with Crippen LogP contribution in [-0.2, 0) is 36.8 Å². The zero-order chi connectivity index (χ0) is 36.4. The van der Waals surface area contributed by atoms with Crippen molar-refractivity contribution < 1.29 is 38.6 Å². The van der Waals surface area contributed by atoms with Crippen molar-refractivity contribution in [2.45, 2.75) is 62.4 Å². The highest BCUT2D eigenvalue weighted by molar-refractivity contribution is 5.95. The summed E-state index contributed by atoms with van der Waals surface area (Å²) in [5, 5.41) is 28.4. The molecule has 2 heterocycles. The molecule has 2 aromatic carbocycles. The molecule has 12 N–H and O–H groups in total. The third kappa shape index (κ3) is 10.2. The molecule has 17 heteroatoms. The van der Waals surface area contributed by atoms with Crippen molar-refractivity contribution in [1.82, 2.24) is 25.8 Å². The van der Waals surface area contributed by atoms with Gasteiger partial charge in [-0.15, -0.1) is 0 Å². The maximum absolute atomic E-state index is 13.5. The average Bonchev–Trinajstić information content (AvgIpc) is 3.68. The van der Waals surface area contributed by atoms with E-state index >= 15 is 0 Å². The van der Waals surface area contributed by atoms with E-state index in [2.05, 4.69) is 25.9 Å². The number of aromatic nitrogens is 1. The van der Waals surface area contributed by atoms with Gasteiger partial charge in [0.1, 0.15) is 23.9 Å². The van der Waals surface area contributed by atoms with Gasteiger partial charge in [-0.1, -0.05) is 30.3 Å². The summed E-state index contributed by atoms with van der Waals surface area (Å²) in [4.78, 5) is 72.9. The van der Waals surface area contributed by atoms with E-state index in [-0.39, 0.29) is 51.2 Å². The van der Waals surface area contributed by atoms with Crippen LogP contribution >= 0.6 is 0 Å². The van der Waals surface area contributed by atoms with Gasteiger partial charge in [-0.25, -0.2) is 9.18 Å². The summed E-state index contributed by atoms with van der Waals surface area (Å²) < 4.78 is 13.3. The minimum absolute atomic E-state index is 0.0154. The second-order valence-electron chi connectivity index (χ2n) is 12.1. The first-order valence-corrected chi connectivity index (χ1v) is 16.0. The van der Waals surface area contributed by atoms with Crippen molar-refractivity contribution in [3.05, 3.63) is 71.7 Å². The third-order valence-corrected chi connectivity index (χ3v) is 8.28. The minimum atomic E-state index is -1.29. The fraction of sp³-hybridized carbons (Fsp3) is 0.394. The molecule has 1 aliphatic rings. The molecule has 4 rings (SSSR count). The average molecular weight is 696 g/mol. The maximum Gasteiger partial charge on any atom is 0.326 e. The summed E-state index contributed by atoms with van der Waals surface area (Å²) in [6.07, 6.45) is 0.840. The molecule has 268 valence electrons. The first kappa shape index (κ1) is 37.3. The quantitative estimate of drug-likeness (QED) is 0.0481. The summed E-state index contributed by atoms with van der Waals surface area (Å²) in [6, 6.07) is 8.00. The number of amides is 4. The molecular weight excluding hydrogens is 653 g/mol. The molecule has 1 saturated heterocycles. The first-order chi connectivity index (χ1) is 23.8. The van der Waals surface area contributed by atoms with E-state index in [0.717, 1.165) is 15.8 Å². The molecule has 0 spiro atoms. The van der Waals surface area contributed by atoms with Crippen LogP contribution in [0.5, 0.6) is 0 Å². The van der Waals surface area contributed by atoms with Crippen LogP contribution in [0.25, 0.3) is 10.9 Å². The summed E-state index contributed by atoms with van der Waals surface area (Å²) in [6.45, 7) is -0.637.